The van der Waals surface area contributed by atoms with E-state index in [1.165, 1.54) is 17.6 Å². The average molecular weight is 290 g/mol. The molecule has 18 heavy (non-hydrogen) atoms. The van der Waals surface area contributed by atoms with Crippen LogP contribution in [0.25, 0.3) is 0 Å². The van der Waals surface area contributed by atoms with Crippen LogP contribution in [0.4, 0.5) is 0 Å². The predicted octanol–water partition coefficient (Wildman–Crippen LogP) is 1.41. The Morgan fingerprint density at radius 3 is 2.61 bits per heavy atom. The summed E-state index contributed by atoms with van der Waals surface area (Å²) >= 11 is 4.81. The van der Waals surface area contributed by atoms with E-state index in [0.717, 1.165) is 5.56 Å². The molecule has 0 aliphatic heterocycles. The summed E-state index contributed by atoms with van der Waals surface area (Å²) < 4.78 is 30.9. The second kappa shape index (κ2) is 5.81. The largest absolute Gasteiger partial charge is 0.469 e. The van der Waals surface area contributed by atoms with Crippen LogP contribution in [0.15, 0.2) is 16.7 Å². The van der Waals surface area contributed by atoms with Gasteiger partial charge in [0.05, 0.1) is 11.3 Å². The van der Waals surface area contributed by atoms with Gasteiger partial charge in [-0.25, -0.2) is 8.42 Å². The third-order valence-corrected chi connectivity index (χ3v) is 5.58. The quantitative estimate of drug-likeness (QED) is 0.802. The lowest BCUT2D eigenvalue weighted by molar-refractivity contribution is 0.454. The van der Waals surface area contributed by atoms with Crippen molar-refractivity contribution in [2.24, 2.45) is 5.73 Å². The third-order valence-electron chi connectivity index (χ3n) is 2.84. The summed E-state index contributed by atoms with van der Waals surface area (Å²) in [5, 5.41) is -0.815. The van der Waals surface area contributed by atoms with Crippen LogP contribution < -0.4 is 5.73 Å². The summed E-state index contributed by atoms with van der Waals surface area (Å²) in [6, 6.07) is 1.75. The molecule has 0 bridgehead atoms. The molecule has 1 rings (SSSR count). The number of nitrogens with two attached hydrogens (primary N) is 1. The van der Waals surface area contributed by atoms with E-state index in [-0.39, 0.29) is 11.5 Å². The molecule has 0 spiro atoms. The van der Waals surface area contributed by atoms with Crippen molar-refractivity contribution in [1.82, 2.24) is 4.31 Å². The number of hydrogen-bond acceptors (Lipinski definition) is 4. The van der Waals surface area contributed by atoms with Crippen molar-refractivity contribution in [2.75, 3.05) is 7.05 Å². The Morgan fingerprint density at radius 1 is 1.61 bits per heavy atom. The molecule has 0 amide bonds. The van der Waals surface area contributed by atoms with Gasteiger partial charge in [-0.2, -0.15) is 4.31 Å². The Hall–Kier alpha value is -0.920. The van der Waals surface area contributed by atoms with Gasteiger partial charge in [0.15, 0.2) is 0 Å². The molecule has 5 nitrogen and oxygen atoms in total. The molecule has 0 radical (unpaired) electrons. The summed E-state index contributed by atoms with van der Waals surface area (Å²) in [5.74, 6) is 0.709. The van der Waals surface area contributed by atoms with Crippen LogP contribution in [0, 0.1) is 6.92 Å². The standard InChI is InChI=1S/C11H18N2O3S2/c1-4-10(11(12)17)18(14,15)13(3)7-9-5-6-16-8(9)2/h5-6,10H,4,7H2,1-3H3,(H2,12,17). The van der Waals surface area contributed by atoms with E-state index in [0.29, 0.717) is 12.2 Å². The summed E-state index contributed by atoms with van der Waals surface area (Å²) in [5.41, 5.74) is 6.31. The fourth-order valence-electron chi connectivity index (χ4n) is 1.68. The van der Waals surface area contributed by atoms with Crippen LogP contribution in [-0.2, 0) is 16.6 Å². The van der Waals surface area contributed by atoms with E-state index in [2.05, 4.69) is 0 Å². The minimum atomic E-state index is -3.52. The van der Waals surface area contributed by atoms with Gasteiger partial charge < -0.3 is 10.2 Å². The van der Waals surface area contributed by atoms with Crippen LogP contribution in [0.2, 0.25) is 0 Å². The average Bonchev–Trinajstić information content (AvgIpc) is 2.64. The maximum absolute atomic E-state index is 12.3. The molecule has 2 N–H and O–H groups in total. The molecule has 0 aliphatic rings. The molecule has 0 saturated heterocycles. The molecule has 1 atom stereocenters. The van der Waals surface area contributed by atoms with E-state index >= 15 is 0 Å². The number of hydrogen-bond donors (Lipinski definition) is 1. The van der Waals surface area contributed by atoms with Crippen LogP contribution in [0.5, 0.6) is 0 Å². The van der Waals surface area contributed by atoms with Crippen LogP contribution >= 0.6 is 12.2 Å². The molecule has 1 aromatic heterocycles. The highest BCUT2D eigenvalue weighted by molar-refractivity contribution is 7.92. The van der Waals surface area contributed by atoms with Gasteiger partial charge >= 0.3 is 0 Å². The highest BCUT2D eigenvalue weighted by atomic mass is 32.2. The predicted molar refractivity (Wildman–Crippen MR) is 74.7 cm³/mol. The first-order chi connectivity index (χ1) is 8.30. The van der Waals surface area contributed by atoms with Crippen molar-refractivity contribution in [2.45, 2.75) is 32.1 Å². The minimum absolute atomic E-state index is 0.00765. The first kappa shape index (κ1) is 15.1. The van der Waals surface area contributed by atoms with E-state index in [1.807, 2.05) is 0 Å². The highest BCUT2D eigenvalue weighted by Crippen LogP contribution is 2.17. The number of thiocarbonyl (C=S) groups is 1. The third kappa shape index (κ3) is 3.09. The number of sulfonamides is 1. The Bertz CT molecular complexity index is 522. The molecule has 1 unspecified atom stereocenters. The second-order valence-electron chi connectivity index (χ2n) is 4.10. The van der Waals surface area contributed by atoms with Crippen molar-refractivity contribution in [3.63, 3.8) is 0 Å². The normalized spacial score (nSPS) is 13.8. The van der Waals surface area contributed by atoms with Crippen LogP contribution in [-0.4, -0.2) is 30.0 Å². The summed E-state index contributed by atoms with van der Waals surface area (Å²) in [6.07, 6.45) is 1.91. The van der Waals surface area contributed by atoms with Gasteiger partial charge in [-0.05, 0) is 19.4 Å². The SMILES string of the molecule is CCC(C(N)=S)S(=O)(=O)N(C)Cc1ccoc1C. The Morgan fingerprint density at radius 2 is 2.22 bits per heavy atom. The van der Waals surface area contributed by atoms with Crippen molar-refractivity contribution in [3.05, 3.63) is 23.7 Å². The van der Waals surface area contributed by atoms with Crippen molar-refractivity contribution in [1.29, 1.82) is 0 Å². The number of rotatable bonds is 6. The topological polar surface area (TPSA) is 76.5 Å². The molecular weight excluding hydrogens is 272 g/mol. The maximum Gasteiger partial charge on any atom is 0.223 e. The summed E-state index contributed by atoms with van der Waals surface area (Å²) in [4.78, 5) is 0.00765. The fraction of sp³-hybridized carbons (Fsp3) is 0.545. The molecule has 0 aliphatic carbocycles. The van der Waals surface area contributed by atoms with Gasteiger partial charge in [0, 0.05) is 19.2 Å². The van der Waals surface area contributed by atoms with Gasteiger partial charge in [-0.1, -0.05) is 19.1 Å². The molecule has 7 heteroatoms. The maximum atomic E-state index is 12.3. The molecule has 0 aromatic carbocycles. The first-order valence-electron chi connectivity index (χ1n) is 5.58. The Balaban J connectivity index is 2.92. The molecule has 0 saturated carbocycles. The van der Waals surface area contributed by atoms with Gasteiger partial charge in [0.25, 0.3) is 0 Å². The molecular formula is C11H18N2O3S2. The Kier molecular flexibility index (Phi) is 4.89. The van der Waals surface area contributed by atoms with E-state index < -0.39 is 15.3 Å². The highest BCUT2D eigenvalue weighted by Gasteiger charge is 2.30. The fourth-order valence-corrected chi connectivity index (χ4v) is 3.68. The zero-order chi connectivity index (χ0) is 13.9. The summed E-state index contributed by atoms with van der Waals surface area (Å²) in [6.45, 7) is 3.79. The van der Waals surface area contributed by atoms with Gasteiger partial charge in [-0.3, -0.25) is 0 Å². The number of nitrogens with zero attached hydrogens (tertiary/aromatic N) is 1. The first-order valence-corrected chi connectivity index (χ1v) is 7.49. The number of furan rings is 1. The van der Waals surface area contributed by atoms with Gasteiger partial charge in [0.1, 0.15) is 11.0 Å². The molecule has 0 fully saturated rings. The number of aryl methyl sites for hydroxylation is 1. The zero-order valence-corrected chi connectivity index (χ0v) is 12.3. The molecule has 102 valence electrons. The van der Waals surface area contributed by atoms with Crippen molar-refractivity contribution >= 4 is 27.2 Å². The summed E-state index contributed by atoms with van der Waals surface area (Å²) in [7, 11) is -2.00. The second-order valence-corrected chi connectivity index (χ2v) is 6.80. The van der Waals surface area contributed by atoms with Crippen LogP contribution in [0.3, 0.4) is 0 Å². The monoisotopic (exact) mass is 290 g/mol. The van der Waals surface area contributed by atoms with Crippen molar-refractivity contribution in [3.8, 4) is 0 Å². The van der Waals surface area contributed by atoms with Crippen LogP contribution in [0.1, 0.15) is 24.7 Å². The lowest BCUT2D eigenvalue weighted by atomic mass is 10.3. The van der Waals surface area contributed by atoms with Gasteiger partial charge in [0.2, 0.25) is 10.0 Å². The molecule has 1 heterocycles. The smallest absolute Gasteiger partial charge is 0.223 e. The van der Waals surface area contributed by atoms with E-state index in [9.17, 15) is 8.42 Å². The zero-order valence-electron chi connectivity index (χ0n) is 10.7. The molecule has 1 aromatic rings. The van der Waals surface area contributed by atoms with E-state index in [1.54, 1.807) is 19.9 Å². The minimum Gasteiger partial charge on any atom is -0.469 e. The lowest BCUT2D eigenvalue weighted by Gasteiger charge is -2.22. The Labute approximate surface area is 113 Å². The lowest BCUT2D eigenvalue weighted by Crippen LogP contribution is -2.42. The van der Waals surface area contributed by atoms with E-state index in [4.69, 9.17) is 22.4 Å². The van der Waals surface area contributed by atoms with Crippen molar-refractivity contribution < 1.29 is 12.8 Å². The van der Waals surface area contributed by atoms with Gasteiger partial charge in [-0.15, -0.1) is 0 Å².